The van der Waals surface area contributed by atoms with E-state index in [1.807, 2.05) is 0 Å². The number of nitrogens with one attached hydrogen (secondary N) is 2. The fourth-order valence-electron chi connectivity index (χ4n) is 4.24. The van der Waals surface area contributed by atoms with Crippen LogP contribution in [0.25, 0.3) is 0 Å². The molecule has 3 aromatic rings. The standard InChI is InChI=1S/C29H31ClFN5O7S/c1-29(2,3)43-28(39)36-12-10-17(15-36)16-42-22-13-19(44(4,40)41)6-7-20(22)26(37)35-24-21(31)9-11-32-25(24)27(38)34-23-8-5-18(30)14-33-23/h5-9,11,13-14,17H,10,12,15-16H2,1-4H3,(H,35,37)(H,33,34,38). The second kappa shape index (κ2) is 13.1. The Morgan fingerprint density at radius 1 is 1.09 bits per heavy atom. The topological polar surface area (TPSA) is 157 Å². The molecule has 234 valence electrons. The largest absolute Gasteiger partial charge is 0.492 e. The monoisotopic (exact) mass is 647 g/mol. The van der Waals surface area contributed by atoms with Gasteiger partial charge in [-0.3, -0.25) is 9.59 Å². The average molecular weight is 648 g/mol. The Bertz CT molecular complexity index is 1680. The van der Waals surface area contributed by atoms with Crippen LogP contribution >= 0.6 is 11.6 Å². The van der Waals surface area contributed by atoms with Crippen LogP contribution in [0.1, 0.15) is 48.0 Å². The molecule has 1 aromatic carbocycles. The van der Waals surface area contributed by atoms with Crippen LogP contribution in [0.2, 0.25) is 5.02 Å². The van der Waals surface area contributed by atoms with E-state index in [4.69, 9.17) is 21.1 Å². The molecule has 1 fully saturated rings. The molecule has 44 heavy (non-hydrogen) atoms. The first-order valence-corrected chi connectivity index (χ1v) is 15.7. The van der Waals surface area contributed by atoms with E-state index in [1.54, 1.807) is 25.7 Å². The zero-order valence-corrected chi connectivity index (χ0v) is 26.0. The Hall–Kier alpha value is -4.30. The summed E-state index contributed by atoms with van der Waals surface area (Å²) in [5, 5.41) is 5.16. The highest BCUT2D eigenvalue weighted by molar-refractivity contribution is 7.90. The van der Waals surface area contributed by atoms with Crippen LogP contribution in [0.3, 0.4) is 0 Å². The van der Waals surface area contributed by atoms with Crippen molar-refractivity contribution in [1.82, 2.24) is 14.9 Å². The maximum absolute atomic E-state index is 14.9. The molecule has 0 aliphatic carbocycles. The number of nitrogens with zero attached hydrogens (tertiary/aromatic N) is 3. The van der Waals surface area contributed by atoms with Gasteiger partial charge in [-0.25, -0.2) is 27.6 Å². The fraction of sp³-hybridized carbons (Fsp3) is 0.345. The van der Waals surface area contributed by atoms with Gasteiger partial charge in [-0.1, -0.05) is 11.6 Å². The lowest BCUT2D eigenvalue weighted by Crippen LogP contribution is -2.35. The number of hydrogen-bond donors (Lipinski definition) is 2. The van der Waals surface area contributed by atoms with Crippen molar-refractivity contribution in [2.24, 2.45) is 5.92 Å². The van der Waals surface area contributed by atoms with Crippen LogP contribution in [0.5, 0.6) is 5.75 Å². The molecule has 0 saturated carbocycles. The Morgan fingerprint density at radius 3 is 2.50 bits per heavy atom. The molecule has 0 spiro atoms. The predicted molar refractivity (Wildman–Crippen MR) is 160 cm³/mol. The number of pyridine rings is 2. The van der Waals surface area contributed by atoms with E-state index in [1.165, 1.54) is 36.5 Å². The molecule has 1 unspecified atom stereocenters. The van der Waals surface area contributed by atoms with Gasteiger partial charge in [0.1, 0.15) is 22.9 Å². The molecule has 1 saturated heterocycles. The first-order chi connectivity index (χ1) is 20.6. The minimum atomic E-state index is -3.68. The summed E-state index contributed by atoms with van der Waals surface area (Å²) in [4.78, 5) is 48.1. The van der Waals surface area contributed by atoms with Gasteiger partial charge in [-0.05, 0) is 63.6 Å². The number of rotatable bonds is 8. The van der Waals surface area contributed by atoms with E-state index < -0.39 is 50.5 Å². The van der Waals surface area contributed by atoms with Gasteiger partial charge >= 0.3 is 6.09 Å². The van der Waals surface area contributed by atoms with E-state index in [0.29, 0.717) is 24.5 Å². The number of sulfone groups is 1. The van der Waals surface area contributed by atoms with E-state index >= 15 is 0 Å². The Kier molecular flexibility index (Phi) is 9.74. The molecule has 4 rings (SSSR count). The zero-order valence-electron chi connectivity index (χ0n) is 24.4. The first-order valence-electron chi connectivity index (χ1n) is 13.4. The first kappa shape index (κ1) is 32.6. The van der Waals surface area contributed by atoms with Crippen molar-refractivity contribution in [2.75, 3.05) is 36.6 Å². The second-order valence-electron chi connectivity index (χ2n) is 11.1. The minimum Gasteiger partial charge on any atom is -0.492 e. The van der Waals surface area contributed by atoms with Crippen molar-refractivity contribution in [3.63, 3.8) is 0 Å². The number of carbonyl (C=O) groups is 3. The lowest BCUT2D eigenvalue weighted by Gasteiger charge is -2.24. The number of hydrogen-bond acceptors (Lipinski definition) is 9. The summed E-state index contributed by atoms with van der Waals surface area (Å²) in [6, 6.07) is 7.54. The van der Waals surface area contributed by atoms with Gasteiger partial charge < -0.3 is 25.0 Å². The van der Waals surface area contributed by atoms with Gasteiger partial charge in [0, 0.05) is 37.7 Å². The number of anilines is 2. The van der Waals surface area contributed by atoms with Gasteiger partial charge in [0.25, 0.3) is 11.8 Å². The fourth-order valence-corrected chi connectivity index (χ4v) is 4.99. The minimum absolute atomic E-state index is 0.0514. The smallest absolute Gasteiger partial charge is 0.410 e. The van der Waals surface area contributed by atoms with E-state index in [9.17, 15) is 27.2 Å². The summed E-state index contributed by atoms with van der Waals surface area (Å²) in [5.74, 6) is -2.77. The number of halogens is 2. The van der Waals surface area contributed by atoms with Crippen molar-refractivity contribution in [2.45, 2.75) is 37.7 Å². The number of carbonyl (C=O) groups excluding carboxylic acids is 3. The molecule has 0 bridgehead atoms. The van der Waals surface area contributed by atoms with Crippen molar-refractivity contribution >= 4 is 50.9 Å². The number of aromatic nitrogens is 2. The SMILES string of the molecule is CC(C)(C)OC(=O)N1CCC(COc2cc(S(C)(=O)=O)ccc2C(=O)Nc2c(F)ccnc2C(=O)Nc2ccc(Cl)cn2)C1. The maximum atomic E-state index is 14.9. The molecular formula is C29H31ClFN5O7S. The Morgan fingerprint density at radius 2 is 1.84 bits per heavy atom. The molecule has 1 aliphatic rings. The Balaban J connectivity index is 1.54. The van der Waals surface area contributed by atoms with Crippen molar-refractivity contribution in [1.29, 1.82) is 0 Å². The molecule has 3 amide bonds. The maximum Gasteiger partial charge on any atom is 0.410 e. The third-order valence-electron chi connectivity index (χ3n) is 6.36. The van der Waals surface area contributed by atoms with Crippen LogP contribution in [-0.4, -0.2) is 72.7 Å². The van der Waals surface area contributed by atoms with Gasteiger partial charge in [-0.2, -0.15) is 0 Å². The summed E-state index contributed by atoms with van der Waals surface area (Å²) in [7, 11) is -3.68. The summed E-state index contributed by atoms with van der Waals surface area (Å²) >= 11 is 5.82. The zero-order chi connectivity index (χ0) is 32.2. The molecule has 2 aromatic heterocycles. The van der Waals surface area contributed by atoms with Crippen LogP contribution in [0, 0.1) is 11.7 Å². The molecule has 2 N–H and O–H groups in total. The van der Waals surface area contributed by atoms with E-state index in [-0.39, 0.29) is 34.6 Å². The molecule has 12 nitrogen and oxygen atoms in total. The lowest BCUT2D eigenvalue weighted by molar-refractivity contribution is 0.0284. The van der Waals surface area contributed by atoms with Crippen LogP contribution in [0.15, 0.2) is 53.7 Å². The molecule has 3 heterocycles. The lowest BCUT2D eigenvalue weighted by atomic mass is 10.1. The number of benzene rings is 1. The van der Waals surface area contributed by atoms with Gasteiger partial charge in [0.05, 0.1) is 22.1 Å². The molecule has 15 heteroatoms. The van der Waals surface area contributed by atoms with Crippen molar-refractivity contribution in [3.8, 4) is 5.75 Å². The predicted octanol–water partition coefficient (Wildman–Crippen LogP) is 4.81. The van der Waals surface area contributed by atoms with Crippen LogP contribution in [0.4, 0.5) is 20.7 Å². The summed E-state index contributed by atoms with van der Waals surface area (Å²) in [6.07, 6.45) is 3.51. The number of likely N-dealkylation sites (tertiary alicyclic amines) is 1. The number of amides is 3. The number of ether oxygens (including phenoxy) is 2. The second-order valence-corrected chi connectivity index (χ2v) is 13.6. The quantitative estimate of drug-likeness (QED) is 0.350. The highest BCUT2D eigenvalue weighted by Gasteiger charge is 2.31. The molecule has 1 atom stereocenters. The van der Waals surface area contributed by atoms with E-state index in [2.05, 4.69) is 20.6 Å². The van der Waals surface area contributed by atoms with Gasteiger partial charge in [0.15, 0.2) is 21.3 Å². The third kappa shape index (κ3) is 8.41. The highest BCUT2D eigenvalue weighted by atomic mass is 35.5. The normalized spacial score (nSPS) is 15.0. The van der Waals surface area contributed by atoms with Gasteiger partial charge in [0.2, 0.25) is 0 Å². The van der Waals surface area contributed by atoms with Crippen molar-refractivity contribution in [3.05, 3.63) is 70.9 Å². The Labute approximate surface area is 258 Å². The molecule has 1 aliphatic heterocycles. The van der Waals surface area contributed by atoms with Crippen LogP contribution in [-0.2, 0) is 14.6 Å². The molecule has 0 radical (unpaired) electrons. The summed E-state index contributed by atoms with van der Waals surface area (Å²) in [6.45, 7) is 6.14. The van der Waals surface area contributed by atoms with Gasteiger partial charge in [-0.15, -0.1) is 0 Å². The highest BCUT2D eigenvalue weighted by Crippen LogP contribution is 2.28. The van der Waals surface area contributed by atoms with Crippen LogP contribution < -0.4 is 15.4 Å². The third-order valence-corrected chi connectivity index (χ3v) is 7.69. The van der Waals surface area contributed by atoms with E-state index in [0.717, 1.165) is 18.5 Å². The molecular weight excluding hydrogens is 617 g/mol. The summed E-state index contributed by atoms with van der Waals surface area (Å²) in [5.41, 5.74) is -1.71. The van der Waals surface area contributed by atoms with Crippen molar-refractivity contribution < 1.29 is 36.7 Å². The summed E-state index contributed by atoms with van der Waals surface area (Å²) < 4.78 is 50.8. The average Bonchev–Trinajstić information content (AvgIpc) is 3.42.